The molecule has 1 saturated heterocycles. The van der Waals surface area contributed by atoms with Gasteiger partial charge in [-0.2, -0.15) is 0 Å². The Bertz CT molecular complexity index is 725. The third-order valence-electron chi connectivity index (χ3n) is 5.37. The van der Waals surface area contributed by atoms with Crippen LogP contribution in [-0.4, -0.2) is 32.9 Å². The topological polar surface area (TPSA) is 50.2 Å². The molecule has 4 rings (SSSR count). The second-order valence-corrected chi connectivity index (χ2v) is 7.13. The van der Waals surface area contributed by atoms with Gasteiger partial charge in [-0.1, -0.05) is 36.8 Å². The average molecular weight is 338 g/mol. The van der Waals surface area contributed by atoms with Gasteiger partial charge < -0.3 is 9.88 Å². The molecule has 1 aromatic carbocycles. The first-order chi connectivity index (χ1) is 12.3. The number of aromatic nitrogens is 2. The lowest BCUT2D eigenvalue weighted by Crippen LogP contribution is -2.46. The lowest BCUT2D eigenvalue weighted by molar-refractivity contribution is -0.122. The summed E-state index contributed by atoms with van der Waals surface area (Å²) in [6.45, 7) is 2.78. The summed E-state index contributed by atoms with van der Waals surface area (Å²) in [6.07, 6.45) is 8.41. The number of nitrogens with zero attached hydrogens (tertiary/aromatic N) is 3. The molecule has 25 heavy (non-hydrogen) atoms. The van der Waals surface area contributed by atoms with Gasteiger partial charge >= 0.3 is 0 Å². The van der Waals surface area contributed by atoms with Crippen molar-refractivity contribution >= 4 is 11.7 Å². The Morgan fingerprint density at radius 3 is 2.84 bits per heavy atom. The molecule has 1 aromatic heterocycles. The molecule has 2 aliphatic rings. The Balaban J connectivity index is 1.46. The maximum Gasteiger partial charge on any atom is 0.242 e. The minimum atomic E-state index is -0.0521. The number of likely N-dealkylation sites (tertiary alicyclic amines) is 1. The zero-order valence-electron chi connectivity index (χ0n) is 14.7. The van der Waals surface area contributed by atoms with Gasteiger partial charge in [-0.3, -0.25) is 9.69 Å². The molecule has 0 radical (unpaired) electrons. The molecule has 132 valence electrons. The number of rotatable bonds is 4. The third kappa shape index (κ3) is 3.61. The van der Waals surface area contributed by atoms with E-state index in [4.69, 9.17) is 0 Å². The normalized spacial score (nSPS) is 20.9. The second-order valence-electron chi connectivity index (χ2n) is 7.13. The fourth-order valence-electron chi connectivity index (χ4n) is 4.02. The first kappa shape index (κ1) is 16.3. The third-order valence-corrected chi connectivity index (χ3v) is 5.37. The monoisotopic (exact) mass is 338 g/mol. The van der Waals surface area contributed by atoms with E-state index in [-0.39, 0.29) is 11.9 Å². The fraction of sp³-hybridized carbons (Fsp3) is 0.500. The Labute approximate surface area is 149 Å². The second kappa shape index (κ2) is 7.40. The number of amides is 1. The molecule has 5 nitrogen and oxygen atoms in total. The molecular weight excluding hydrogens is 312 g/mol. The average Bonchev–Trinajstić information content (AvgIpc) is 3.06. The van der Waals surface area contributed by atoms with Crippen LogP contribution in [0.3, 0.4) is 0 Å². The van der Waals surface area contributed by atoms with Crippen LogP contribution in [0, 0.1) is 0 Å². The van der Waals surface area contributed by atoms with Gasteiger partial charge in [-0.25, -0.2) is 4.98 Å². The minimum absolute atomic E-state index is 0.0521. The summed E-state index contributed by atoms with van der Waals surface area (Å²) in [7, 11) is 0. The summed E-state index contributed by atoms with van der Waals surface area (Å²) >= 11 is 0. The largest absolute Gasteiger partial charge is 0.315 e. The molecule has 1 N–H and O–H groups in total. The van der Waals surface area contributed by atoms with Crippen LogP contribution >= 0.6 is 0 Å². The molecule has 0 bridgehead atoms. The van der Waals surface area contributed by atoms with Crippen molar-refractivity contribution in [1.29, 1.82) is 0 Å². The van der Waals surface area contributed by atoms with Crippen molar-refractivity contribution in [3.63, 3.8) is 0 Å². The van der Waals surface area contributed by atoms with Crippen molar-refractivity contribution in [1.82, 2.24) is 14.5 Å². The molecule has 3 heterocycles. The number of benzene rings is 1. The molecule has 1 fully saturated rings. The Kier molecular flexibility index (Phi) is 4.83. The van der Waals surface area contributed by atoms with Crippen molar-refractivity contribution in [3.8, 4) is 0 Å². The number of aryl methyl sites for hydroxylation is 1. The minimum Gasteiger partial charge on any atom is -0.315 e. The number of imidazole rings is 1. The first-order valence-corrected chi connectivity index (χ1v) is 9.44. The molecular formula is C20H26N4O. The maximum atomic E-state index is 13.0. The standard InChI is InChI=1S/C20H26N4O/c25-20(22-19-14-21-18-11-5-7-13-24(18)19)17-10-4-6-12-23(17)15-16-8-2-1-3-9-16/h1-3,8-9,14,17H,4-7,10-13,15H2,(H,22,25)/t17-/m1/s1. The predicted molar refractivity (Wildman–Crippen MR) is 98.3 cm³/mol. The van der Waals surface area contributed by atoms with E-state index >= 15 is 0 Å². The van der Waals surface area contributed by atoms with Crippen LogP contribution in [0.15, 0.2) is 36.5 Å². The summed E-state index contributed by atoms with van der Waals surface area (Å²) in [5.74, 6) is 2.08. The number of hydrogen-bond donors (Lipinski definition) is 1. The Morgan fingerprint density at radius 1 is 1.12 bits per heavy atom. The lowest BCUT2D eigenvalue weighted by atomic mass is 10.0. The van der Waals surface area contributed by atoms with Gasteiger partial charge in [0.15, 0.2) is 0 Å². The van der Waals surface area contributed by atoms with Gasteiger partial charge in [-0.15, -0.1) is 0 Å². The highest BCUT2D eigenvalue weighted by Gasteiger charge is 2.29. The number of carbonyl (C=O) groups excluding carboxylic acids is 1. The smallest absolute Gasteiger partial charge is 0.242 e. The van der Waals surface area contributed by atoms with Crippen LogP contribution < -0.4 is 5.32 Å². The quantitative estimate of drug-likeness (QED) is 0.931. The zero-order chi connectivity index (χ0) is 17.1. The van der Waals surface area contributed by atoms with E-state index in [2.05, 4.69) is 44.0 Å². The highest BCUT2D eigenvalue weighted by Crippen LogP contribution is 2.23. The molecule has 2 aliphatic heterocycles. The summed E-state index contributed by atoms with van der Waals surface area (Å²) in [4.78, 5) is 19.8. The number of anilines is 1. The van der Waals surface area contributed by atoms with Crippen molar-refractivity contribution in [3.05, 3.63) is 47.9 Å². The number of nitrogens with one attached hydrogen (secondary N) is 1. The molecule has 0 unspecified atom stereocenters. The van der Waals surface area contributed by atoms with Gasteiger partial charge in [0.05, 0.1) is 12.2 Å². The molecule has 0 aliphatic carbocycles. The lowest BCUT2D eigenvalue weighted by Gasteiger charge is -2.34. The molecule has 1 amide bonds. The van der Waals surface area contributed by atoms with Crippen molar-refractivity contribution in [2.45, 2.75) is 57.7 Å². The van der Waals surface area contributed by atoms with Crippen LogP contribution in [0.5, 0.6) is 0 Å². The summed E-state index contributed by atoms with van der Waals surface area (Å²) in [5.41, 5.74) is 1.27. The number of hydrogen-bond acceptors (Lipinski definition) is 3. The molecule has 1 atom stereocenters. The first-order valence-electron chi connectivity index (χ1n) is 9.44. The van der Waals surface area contributed by atoms with E-state index in [0.717, 1.165) is 57.0 Å². The van der Waals surface area contributed by atoms with Gasteiger partial charge in [0.25, 0.3) is 0 Å². The molecule has 0 saturated carbocycles. The summed E-state index contributed by atoms with van der Waals surface area (Å²) in [5, 5.41) is 3.16. The van der Waals surface area contributed by atoms with E-state index in [0.29, 0.717) is 0 Å². The molecule has 0 spiro atoms. The Hall–Kier alpha value is -2.14. The fourth-order valence-corrected chi connectivity index (χ4v) is 4.02. The predicted octanol–water partition coefficient (Wildman–Crippen LogP) is 3.21. The summed E-state index contributed by atoms with van der Waals surface area (Å²) in [6, 6.07) is 10.4. The van der Waals surface area contributed by atoms with Crippen LogP contribution in [0.2, 0.25) is 0 Å². The van der Waals surface area contributed by atoms with E-state index in [1.54, 1.807) is 0 Å². The van der Waals surface area contributed by atoms with Crippen LogP contribution in [0.1, 0.15) is 43.5 Å². The van der Waals surface area contributed by atoms with E-state index in [1.165, 1.54) is 18.4 Å². The van der Waals surface area contributed by atoms with Gasteiger partial charge in [0, 0.05) is 19.5 Å². The van der Waals surface area contributed by atoms with Gasteiger partial charge in [0.1, 0.15) is 11.6 Å². The van der Waals surface area contributed by atoms with E-state index in [9.17, 15) is 4.79 Å². The highest BCUT2D eigenvalue weighted by molar-refractivity contribution is 5.94. The van der Waals surface area contributed by atoms with Gasteiger partial charge in [0.2, 0.25) is 5.91 Å². The number of piperidine rings is 1. The molecule has 5 heteroatoms. The van der Waals surface area contributed by atoms with E-state index < -0.39 is 0 Å². The van der Waals surface area contributed by atoms with Crippen molar-refractivity contribution in [2.24, 2.45) is 0 Å². The molecule has 2 aromatic rings. The van der Waals surface area contributed by atoms with Crippen LogP contribution in [0.25, 0.3) is 0 Å². The Morgan fingerprint density at radius 2 is 1.96 bits per heavy atom. The van der Waals surface area contributed by atoms with E-state index in [1.807, 2.05) is 12.3 Å². The van der Waals surface area contributed by atoms with Crippen molar-refractivity contribution in [2.75, 3.05) is 11.9 Å². The highest BCUT2D eigenvalue weighted by atomic mass is 16.2. The SMILES string of the molecule is O=C(Nc1cnc2n1CCCC2)[C@H]1CCCCN1Cc1ccccc1. The van der Waals surface area contributed by atoms with Crippen molar-refractivity contribution < 1.29 is 4.79 Å². The summed E-state index contributed by atoms with van der Waals surface area (Å²) < 4.78 is 2.17. The van der Waals surface area contributed by atoms with Crippen LogP contribution in [0.4, 0.5) is 5.82 Å². The number of carbonyl (C=O) groups is 1. The van der Waals surface area contributed by atoms with Gasteiger partial charge in [-0.05, 0) is 37.8 Å². The maximum absolute atomic E-state index is 13.0. The zero-order valence-corrected chi connectivity index (χ0v) is 14.7. The number of fused-ring (bicyclic) bond motifs is 1. The van der Waals surface area contributed by atoms with Crippen LogP contribution in [-0.2, 0) is 24.3 Å².